The molecule has 0 amide bonds. The van der Waals surface area contributed by atoms with Crippen LogP contribution in [0, 0.1) is 5.92 Å². The fourth-order valence-electron chi connectivity index (χ4n) is 8.57. The molecule has 0 saturated carbocycles. The fourth-order valence-corrected chi connectivity index (χ4v) is 8.57. The maximum absolute atomic E-state index is 12.8. The van der Waals surface area contributed by atoms with Crippen molar-refractivity contribution < 1.29 is 28.6 Å². The lowest BCUT2D eigenvalue weighted by Crippen LogP contribution is -2.30. The van der Waals surface area contributed by atoms with Gasteiger partial charge in [0.1, 0.15) is 13.2 Å². The molecule has 0 saturated heterocycles. The van der Waals surface area contributed by atoms with Crippen molar-refractivity contribution in [3.05, 3.63) is 0 Å². The molecule has 0 radical (unpaired) electrons. The topological polar surface area (TPSA) is 78.9 Å². The van der Waals surface area contributed by atoms with E-state index >= 15 is 0 Å². The van der Waals surface area contributed by atoms with Gasteiger partial charge in [-0.3, -0.25) is 14.4 Å². The molecule has 6 nitrogen and oxygen atoms in total. The zero-order chi connectivity index (χ0) is 45.2. The summed E-state index contributed by atoms with van der Waals surface area (Å²) >= 11 is 0. The molecule has 0 heterocycles. The number of hydrogen-bond donors (Lipinski definition) is 0. The lowest BCUT2D eigenvalue weighted by molar-refractivity contribution is -0.167. The van der Waals surface area contributed by atoms with Crippen LogP contribution >= 0.6 is 0 Å². The number of ether oxygens (including phenoxy) is 3. The summed E-state index contributed by atoms with van der Waals surface area (Å²) in [5.74, 6) is 0.0130. The minimum Gasteiger partial charge on any atom is -0.462 e. The third-order valence-electron chi connectivity index (χ3n) is 12.8. The summed E-state index contributed by atoms with van der Waals surface area (Å²) in [4.78, 5) is 38.0. The van der Waals surface area contributed by atoms with E-state index in [4.69, 9.17) is 14.2 Å². The van der Waals surface area contributed by atoms with Crippen molar-refractivity contribution in [3.63, 3.8) is 0 Å². The maximum Gasteiger partial charge on any atom is 0.306 e. The molecule has 1 atom stereocenters. The van der Waals surface area contributed by atoms with Crippen LogP contribution in [-0.2, 0) is 28.6 Å². The van der Waals surface area contributed by atoms with Gasteiger partial charge in [0.15, 0.2) is 6.10 Å². The fraction of sp³-hybridized carbons (Fsp3) is 0.946. The van der Waals surface area contributed by atoms with Gasteiger partial charge in [-0.2, -0.15) is 0 Å². The molecular weight excluding hydrogens is 769 g/mol. The van der Waals surface area contributed by atoms with E-state index in [2.05, 4.69) is 27.7 Å². The number of unbranched alkanes of at least 4 members (excludes halogenated alkanes) is 38. The molecule has 0 unspecified atom stereocenters. The molecule has 0 fully saturated rings. The first-order chi connectivity index (χ1) is 30.4. The first-order valence-electron chi connectivity index (χ1n) is 27.9. The van der Waals surface area contributed by atoms with Crippen LogP contribution in [0.1, 0.15) is 317 Å². The first kappa shape index (κ1) is 60.4. The second-order valence-electron chi connectivity index (χ2n) is 19.7. The normalized spacial score (nSPS) is 12.0. The zero-order valence-electron chi connectivity index (χ0n) is 42.3. The van der Waals surface area contributed by atoms with Crippen LogP contribution in [0.4, 0.5) is 0 Å². The highest BCUT2D eigenvalue weighted by molar-refractivity contribution is 5.71. The highest BCUT2D eigenvalue weighted by atomic mass is 16.6. The van der Waals surface area contributed by atoms with Crippen molar-refractivity contribution in [1.29, 1.82) is 0 Å². The molecule has 0 aromatic carbocycles. The van der Waals surface area contributed by atoms with Crippen molar-refractivity contribution in [1.82, 2.24) is 0 Å². The van der Waals surface area contributed by atoms with Crippen molar-refractivity contribution in [2.24, 2.45) is 5.92 Å². The summed E-state index contributed by atoms with van der Waals surface area (Å²) in [5, 5.41) is 0. The van der Waals surface area contributed by atoms with Gasteiger partial charge in [0.05, 0.1) is 0 Å². The van der Waals surface area contributed by atoms with Crippen molar-refractivity contribution in [3.8, 4) is 0 Å². The van der Waals surface area contributed by atoms with Crippen molar-refractivity contribution in [2.45, 2.75) is 323 Å². The molecule has 0 bridgehead atoms. The number of rotatable bonds is 51. The van der Waals surface area contributed by atoms with Crippen LogP contribution in [0.25, 0.3) is 0 Å². The Labute approximate surface area is 387 Å². The van der Waals surface area contributed by atoms with E-state index in [9.17, 15) is 14.4 Å². The Morgan fingerprint density at radius 1 is 0.306 bits per heavy atom. The predicted molar refractivity (Wildman–Crippen MR) is 266 cm³/mol. The monoisotopic (exact) mass is 877 g/mol. The van der Waals surface area contributed by atoms with Gasteiger partial charge in [-0.25, -0.2) is 0 Å². The smallest absolute Gasteiger partial charge is 0.306 e. The summed E-state index contributed by atoms with van der Waals surface area (Å²) < 4.78 is 16.8. The Morgan fingerprint density at radius 2 is 0.532 bits per heavy atom. The molecule has 0 aliphatic carbocycles. The average Bonchev–Trinajstić information content (AvgIpc) is 3.26. The summed E-state index contributed by atoms with van der Waals surface area (Å²) in [6.07, 6.45) is 53.8. The minimum absolute atomic E-state index is 0.0622. The van der Waals surface area contributed by atoms with Gasteiger partial charge in [0.25, 0.3) is 0 Å². The van der Waals surface area contributed by atoms with E-state index in [-0.39, 0.29) is 31.1 Å². The van der Waals surface area contributed by atoms with Gasteiger partial charge in [0, 0.05) is 19.3 Å². The summed E-state index contributed by atoms with van der Waals surface area (Å²) in [6, 6.07) is 0. The van der Waals surface area contributed by atoms with E-state index in [0.29, 0.717) is 19.3 Å². The van der Waals surface area contributed by atoms with E-state index < -0.39 is 6.10 Å². The highest BCUT2D eigenvalue weighted by Crippen LogP contribution is 2.18. The molecule has 368 valence electrons. The standard InChI is InChI=1S/C56H108O6/c1-5-7-9-11-13-15-17-18-21-25-28-32-35-39-43-47-54(57)60-50-53(62-56(59)49-45-41-37-31-16-14-12-10-8-6-2)51-61-55(58)48-44-40-36-33-29-26-23-20-19-22-24-27-30-34-38-42-46-52(3)4/h52-53H,5-51H2,1-4H3/t53-/m1/s1. The van der Waals surface area contributed by atoms with Crippen LogP contribution in [-0.4, -0.2) is 37.2 Å². The zero-order valence-corrected chi connectivity index (χ0v) is 42.3. The first-order valence-corrected chi connectivity index (χ1v) is 27.9. The van der Waals surface area contributed by atoms with Crippen LogP contribution in [0.15, 0.2) is 0 Å². The Balaban J connectivity index is 4.21. The van der Waals surface area contributed by atoms with Crippen LogP contribution in [0.5, 0.6) is 0 Å². The maximum atomic E-state index is 12.8. The molecule has 62 heavy (non-hydrogen) atoms. The lowest BCUT2D eigenvalue weighted by Gasteiger charge is -2.18. The largest absolute Gasteiger partial charge is 0.462 e. The molecule has 0 spiro atoms. The van der Waals surface area contributed by atoms with Crippen LogP contribution in [0.2, 0.25) is 0 Å². The Kier molecular flexibility index (Phi) is 49.1. The second-order valence-corrected chi connectivity index (χ2v) is 19.7. The summed E-state index contributed by atoms with van der Waals surface area (Å²) in [6.45, 7) is 9.05. The second kappa shape index (κ2) is 50.4. The van der Waals surface area contributed by atoms with E-state index in [1.54, 1.807) is 0 Å². The molecule has 0 N–H and O–H groups in total. The number of carbonyl (C=O) groups is 3. The van der Waals surface area contributed by atoms with Gasteiger partial charge in [0.2, 0.25) is 0 Å². The Bertz CT molecular complexity index is 933. The number of esters is 3. The van der Waals surface area contributed by atoms with Gasteiger partial charge in [-0.05, 0) is 25.2 Å². The van der Waals surface area contributed by atoms with E-state index in [1.807, 2.05) is 0 Å². The van der Waals surface area contributed by atoms with Crippen molar-refractivity contribution >= 4 is 17.9 Å². The lowest BCUT2D eigenvalue weighted by atomic mass is 10.0. The van der Waals surface area contributed by atoms with Gasteiger partial charge in [-0.1, -0.05) is 278 Å². The van der Waals surface area contributed by atoms with E-state index in [1.165, 1.54) is 212 Å². The molecular formula is C56H108O6. The summed E-state index contributed by atoms with van der Waals surface area (Å²) in [5.41, 5.74) is 0. The Hall–Kier alpha value is -1.59. The van der Waals surface area contributed by atoms with Gasteiger partial charge < -0.3 is 14.2 Å². The molecule has 0 aromatic heterocycles. The molecule has 0 aliphatic heterocycles. The third-order valence-corrected chi connectivity index (χ3v) is 12.8. The van der Waals surface area contributed by atoms with E-state index in [0.717, 1.165) is 63.7 Å². The van der Waals surface area contributed by atoms with Gasteiger partial charge in [-0.15, -0.1) is 0 Å². The number of hydrogen-bond acceptors (Lipinski definition) is 6. The molecule has 0 aromatic rings. The molecule has 0 aliphatic rings. The average molecular weight is 877 g/mol. The number of carbonyl (C=O) groups excluding carboxylic acids is 3. The summed E-state index contributed by atoms with van der Waals surface area (Å²) in [7, 11) is 0. The molecule has 0 rings (SSSR count). The molecule has 6 heteroatoms. The van der Waals surface area contributed by atoms with Gasteiger partial charge >= 0.3 is 17.9 Å². The highest BCUT2D eigenvalue weighted by Gasteiger charge is 2.19. The SMILES string of the molecule is CCCCCCCCCCCCCCCCCC(=O)OC[C@H](COC(=O)CCCCCCCCCCCCCCCCCCC(C)C)OC(=O)CCCCCCCCCCCC. The van der Waals surface area contributed by atoms with Crippen LogP contribution < -0.4 is 0 Å². The predicted octanol–water partition coefficient (Wildman–Crippen LogP) is 18.2. The minimum atomic E-state index is -0.760. The Morgan fingerprint density at radius 3 is 0.790 bits per heavy atom. The third kappa shape index (κ3) is 49.4. The van der Waals surface area contributed by atoms with Crippen molar-refractivity contribution in [2.75, 3.05) is 13.2 Å². The quantitative estimate of drug-likeness (QED) is 0.0344. The van der Waals surface area contributed by atoms with Crippen LogP contribution in [0.3, 0.4) is 0 Å².